The first-order chi connectivity index (χ1) is 10.3. The molecule has 1 heterocycles. The van der Waals surface area contributed by atoms with E-state index in [0.717, 1.165) is 25.9 Å². The first-order valence-corrected chi connectivity index (χ1v) is 9.44. The summed E-state index contributed by atoms with van der Waals surface area (Å²) in [4.78, 5) is 2.15. The molecule has 1 aromatic carbocycles. The summed E-state index contributed by atoms with van der Waals surface area (Å²) in [6.45, 7) is 3.71. The van der Waals surface area contributed by atoms with Crippen molar-refractivity contribution in [2.24, 2.45) is 0 Å². The normalized spacial score (nSPS) is 18.0. The molecule has 0 aliphatic carbocycles. The number of likely N-dealkylation sites (tertiary alicyclic amines) is 1. The second kappa shape index (κ2) is 7.25. The third kappa shape index (κ3) is 4.19. The molecule has 1 saturated heterocycles. The molecule has 1 aliphatic heterocycles. The van der Waals surface area contributed by atoms with E-state index in [9.17, 15) is 12.8 Å². The van der Waals surface area contributed by atoms with Crippen LogP contribution < -0.4 is 0 Å². The number of hydrogen-bond donors (Lipinski definition) is 0. The molecule has 2 rings (SSSR count). The molecule has 1 aliphatic rings. The zero-order valence-corrected chi connectivity index (χ0v) is 14.5. The highest BCUT2D eigenvalue weighted by atomic mass is 35.5. The molecule has 0 unspecified atom stereocenters. The van der Waals surface area contributed by atoms with E-state index in [1.54, 1.807) is 26.1 Å². The molecule has 124 valence electrons. The van der Waals surface area contributed by atoms with Crippen LogP contribution >= 0.6 is 11.6 Å². The Hall–Kier alpha value is -0.690. The van der Waals surface area contributed by atoms with Crippen LogP contribution in [0.4, 0.5) is 4.39 Å². The monoisotopic (exact) mass is 348 g/mol. The number of sulfonamides is 1. The zero-order valence-electron chi connectivity index (χ0n) is 12.9. The third-order valence-corrected chi connectivity index (χ3v) is 6.42. The van der Waals surface area contributed by atoms with E-state index in [0.29, 0.717) is 17.1 Å². The molecular weight excluding hydrogens is 327 g/mol. The van der Waals surface area contributed by atoms with Crippen molar-refractivity contribution in [3.63, 3.8) is 0 Å². The van der Waals surface area contributed by atoms with Crippen molar-refractivity contribution in [3.8, 4) is 0 Å². The molecular formula is C15H22ClFN2O2S. The minimum atomic E-state index is -3.15. The van der Waals surface area contributed by atoms with Crippen molar-refractivity contribution in [2.75, 3.05) is 25.9 Å². The lowest BCUT2D eigenvalue weighted by atomic mass is 10.0. The van der Waals surface area contributed by atoms with E-state index in [-0.39, 0.29) is 17.6 Å². The Morgan fingerprint density at radius 2 is 2.00 bits per heavy atom. The van der Waals surface area contributed by atoms with Crippen molar-refractivity contribution in [1.29, 1.82) is 0 Å². The summed E-state index contributed by atoms with van der Waals surface area (Å²) < 4.78 is 39.1. The lowest BCUT2D eigenvalue weighted by molar-refractivity contribution is 0.162. The second-order valence-corrected chi connectivity index (χ2v) is 8.41. The average molecular weight is 349 g/mol. The summed E-state index contributed by atoms with van der Waals surface area (Å²) in [6.07, 6.45) is 1.54. The van der Waals surface area contributed by atoms with Gasteiger partial charge in [-0.1, -0.05) is 17.7 Å². The first kappa shape index (κ1) is 17.7. The van der Waals surface area contributed by atoms with Gasteiger partial charge in [-0.2, -0.15) is 0 Å². The summed E-state index contributed by atoms with van der Waals surface area (Å²) in [5.41, 5.74) is 0.623. The second-order valence-electron chi connectivity index (χ2n) is 5.66. The number of hydrogen-bond acceptors (Lipinski definition) is 3. The van der Waals surface area contributed by atoms with Crippen LogP contribution in [0.15, 0.2) is 18.2 Å². The number of halogens is 2. The molecule has 22 heavy (non-hydrogen) atoms. The molecule has 1 aromatic rings. The van der Waals surface area contributed by atoms with Crippen molar-refractivity contribution >= 4 is 21.6 Å². The van der Waals surface area contributed by atoms with Gasteiger partial charge in [0.1, 0.15) is 5.82 Å². The fraction of sp³-hybridized carbons (Fsp3) is 0.600. The molecule has 0 saturated carbocycles. The van der Waals surface area contributed by atoms with E-state index in [1.165, 1.54) is 10.4 Å². The van der Waals surface area contributed by atoms with Gasteiger partial charge >= 0.3 is 0 Å². The molecule has 1 fully saturated rings. The largest absolute Gasteiger partial charge is 0.299 e. The lowest BCUT2D eigenvalue weighted by Gasteiger charge is -2.36. The standard InChI is InChI=1S/C15H22ClFN2O2S/c1-3-22(20,21)18(2)14-6-8-19(9-7-14)11-12-4-5-13(16)10-15(12)17/h4-5,10,14H,3,6-9,11H2,1-2H3. The number of benzene rings is 1. The maximum atomic E-state index is 13.8. The highest BCUT2D eigenvalue weighted by Crippen LogP contribution is 2.21. The Kier molecular flexibility index (Phi) is 5.82. The van der Waals surface area contributed by atoms with Crippen molar-refractivity contribution in [1.82, 2.24) is 9.21 Å². The average Bonchev–Trinajstić information content (AvgIpc) is 2.50. The fourth-order valence-electron chi connectivity index (χ4n) is 2.76. The van der Waals surface area contributed by atoms with Gasteiger partial charge in [0, 0.05) is 43.3 Å². The van der Waals surface area contributed by atoms with E-state index >= 15 is 0 Å². The predicted molar refractivity (Wildman–Crippen MR) is 86.9 cm³/mol. The molecule has 0 aromatic heterocycles. The molecule has 0 spiro atoms. The van der Waals surface area contributed by atoms with Gasteiger partial charge in [0.25, 0.3) is 0 Å². The molecule has 0 bridgehead atoms. The highest BCUT2D eigenvalue weighted by Gasteiger charge is 2.28. The molecule has 0 N–H and O–H groups in total. The van der Waals surface area contributed by atoms with Gasteiger partial charge in [-0.15, -0.1) is 0 Å². The highest BCUT2D eigenvalue weighted by molar-refractivity contribution is 7.89. The Labute approximate surface area is 136 Å². The van der Waals surface area contributed by atoms with E-state index in [2.05, 4.69) is 4.90 Å². The third-order valence-electron chi connectivity index (χ3n) is 4.28. The van der Waals surface area contributed by atoms with Crippen LogP contribution in [-0.2, 0) is 16.6 Å². The molecule has 0 atom stereocenters. The van der Waals surface area contributed by atoms with Gasteiger partial charge < -0.3 is 0 Å². The van der Waals surface area contributed by atoms with Gasteiger partial charge in [0.15, 0.2) is 0 Å². The smallest absolute Gasteiger partial charge is 0.213 e. The van der Waals surface area contributed by atoms with Gasteiger partial charge in [-0.3, -0.25) is 4.90 Å². The van der Waals surface area contributed by atoms with E-state index in [1.807, 2.05) is 0 Å². The van der Waals surface area contributed by atoms with Crippen LogP contribution in [0.3, 0.4) is 0 Å². The van der Waals surface area contributed by atoms with Crippen molar-refractivity contribution < 1.29 is 12.8 Å². The maximum absolute atomic E-state index is 13.8. The zero-order chi connectivity index (χ0) is 16.3. The predicted octanol–water partition coefficient (Wildman–Crippen LogP) is 2.73. The fourth-order valence-corrected chi connectivity index (χ4v) is 3.99. The van der Waals surface area contributed by atoms with Crippen LogP contribution in [0.25, 0.3) is 0 Å². The summed E-state index contributed by atoms with van der Waals surface area (Å²) >= 11 is 5.75. The number of rotatable bonds is 5. The Morgan fingerprint density at radius 1 is 1.36 bits per heavy atom. The molecule has 0 amide bonds. The van der Waals surface area contributed by atoms with Crippen LogP contribution in [0.1, 0.15) is 25.3 Å². The van der Waals surface area contributed by atoms with Crippen LogP contribution in [0.5, 0.6) is 0 Å². The Bertz CT molecular complexity index is 616. The van der Waals surface area contributed by atoms with Crippen LogP contribution in [-0.4, -0.2) is 49.6 Å². The summed E-state index contributed by atoms with van der Waals surface area (Å²) in [5.74, 6) is -0.167. The molecule has 4 nitrogen and oxygen atoms in total. The van der Waals surface area contributed by atoms with E-state index in [4.69, 9.17) is 11.6 Å². The molecule has 0 radical (unpaired) electrons. The SMILES string of the molecule is CCS(=O)(=O)N(C)C1CCN(Cc2ccc(Cl)cc2F)CC1. The first-order valence-electron chi connectivity index (χ1n) is 7.45. The summed E-state index contributed by atoms with van der Waals surface area (Å²) in [7, 11) is -1.49. The Balaban J connectivity index is 1.92. The number of piperidine rings is 1. The van der Waals surface area contributed by atoms with Gasteiger partial charge in [-0.25, -0.2) is 17.1 Å². The van der Waals surface area contributed by atoms with Crippen molar-refractivity contribution in [3.05, 3.63) is 34.6 Å². The van der Waals surface area contributed by atoms with E-state index < -0.39 is 10.0 Å². The minimum Gasteiger partial charge on any atom is -0.299 e. The van der Waals surface area contributed by atoms with Gasteiger partial charge in [0.2, 0.25) is 10.0 Å². The van der Waals surface area contributed by atoms with Crippen LogP contribution in [0.2, 0.25) is 5.02 Å². The van der Waals surface area contributed by atoms with Gasteiger partial charge in [-0.05, 0) is 31.9 Å². The Morgan fingerprint density at radius 3 is 2.55 bits per heavy atom. The van der Waals surface area contributed by atoms with Gasteiger partial charge in [0.05, 0.1) is 5.75 Å². The van der Waals surface area contributed by atoms with Crippen molar-refractivity contribution in [2.45, 2.75) is 32.4 Å². The van der Waals surface area contributed by atoms with Crippen LogP contribution in [0, 0.1) is 5.82 Å². The summed E-state index contributed by atoms with van der Waals surface area (Å²) in [6, 6.07) is 4.76. The molecule has 7 heteroatoms. The lowest BCUT2D eigenvalue weighted by Crippen LogP contribution is -2.45. The quantitative estimate of drug-likeness (QED) is 0.821. The summed E-state index contributed by atoms with van der Waals surface area (Å²) in [5, 5.41) is 0.395. The number of nitrogens with zero attached hydrogens (tertiary/aromatic N) is 2. The maximum Gasteiger partial charge on any atom is 0.213 e. The minimum absolute atomic E-state index is 0.0382. The topological polar surface area (TPSA) is 40.6 Å².